The summed E-state index contributed by atoms with van der Waals surface area (Å²) in [5.74, 6) is -10.5. The zero-order chi connectivity index (χ0) is 21.3. The van der Waals surface area contributed by atoms with Crippen molar-refractivity contribution in [3.05, 3.63) is 42.0 Å². The summed E-state index contributed by atoms with van der Waals surface area (Å²) in [5, 5.41) is 13.4. The third-order valence-corrected chi connectivity index (χ3v) is 5.13. The number of aromatic carboxylic acids is 1. The third kappa shape index (κ3) is 4.25. The second kappa shape index (κ2) is 7.84. The number of halogens is 4. The van der Waals surface area contributed by atoms with E-state index in [2.05, 4.69) is 10.1 Å². The van der Waals surface area contributed by atoms with Gasteiger partial charge in [0.1, 0.15) is 0 Å². The SMILES string of the molecule is O=C([O-])c1cccc(NC(=O)[C@@H]2[C@@H](C(=O)OCC(F)(F)C(F)F)[C@H]3C=C[C@@H]2C3)c1. The number of rotatable bonds is 7. The molecule has 1 fully saturated rings. The predicted octanol–water partition coefficient (Wildman–Crippen LogP) is 1.87. The summed E-state index contributed by atoms with van der Waals surface area (Å²) in [7, 11) is 0. The van der Waals surface area contributed by atoms with Gasteiger partial charge < -0.3 is 20.0 Å². The number of carbonyl (C=O) groups excluding carboxylic acids is 3. The Morgan fingerprint density at radius 1 is 1.17 bits per heavy atom. The summed E-state index contributed by atoms with van der Waals surface area (Å²) in [6.07, 6.45) is -0.167. The number of anilines is 1. The van der Waals surface area contributed by atoms with Gasteiger partial charge in [0.25, 0.3) is 0 Å². The van der Waals surface area contributed by atoms with Gasteiger partial charge in [-0.2, -0.15) is 8.78 Å². The van der Waals surface area contributed by atoms with Gasteiger partial charge in [-0.25, -0.2) is 8.78 Å². The molecule has 0 aliphatic heterocycles. The topological polar surface area (TPSA) is 95.5 Å². The van der Waals surface area contributed by atoms with E-state index in [0.29, 0.717) is 6.42 Å². The van der Waals surface area contributed by atoms with Gasteiger partial charge in [-0.15, -0.1) is 0 Å². The molecule has 0 radical (unpaired) electrons. The molecule has 1 saturated carbocycles. The molecule has 1 amide bonds. The first-order chi connectivity index (χ1) is 13.6. The van der Waals surface area contributed by atoms with Crippen molar-refractivity contribution in [2.24, 2.45) is 23.7 Å². The molecule has 0 aromatic heterocycles. The summed E-state index contributed by atoms with van der Waals surface area (Å²) in [4.78, 5) is 36.0. The number of ether oxygens (including phenoxy) is 1. The number of carbonyl (C=O) groups is 3. The van der Waals surface area contributed by atoms with Crippen LogP contribution in [0, 0.1) is 23.7 Å². The van der Waals surface area contributed by atoms with Gasteiger partial charge in [0, 0.05) is 5.69 Å². The fourth-order valence-corrected chi connectivity index (χ4v) is 3.78. The van der Waals surface area contributed by atoms with E-state index in [-0.39, 0.29) is 17.2 Å². The molecule has 1 N–H and O–H groups in total. The fraction of sp³-hybridized carbons (Fsp3) is 0.421. The molecule has 2 aliphatic carbocycles. The van der Waals surface area contributed by atoms with Crippen LogP contribution < -0.4 is 10.4 Å². The van der Waals surface area contributed by atoms with E-state index in [1.54, 1.807) is 12.2 Å². The lowest BCUT2D eigenvalue weighted by molar-refractivity contribution is -0.255. The van der Waals surface area contributed by atoms with Gasteiger partial charge in [-0.3, -0.25) is 9.59 Å². The largest absolute Gasteiger partial charge is 0.545 e. The maximum absolute atomic E-state index is 13.1. The van der Waals surface area contributed by atoms with E-state index in [1.165, 1.54) is 24.3 Å². The monoisotopic (exact) mass is 414 g/mol. The van der Waals surface area contributed by atoms with Gasteiger partial charge in [0.15, 0.2) is 6.61 Å². The van der Waals surface area contributed by atoms with E-state index in [9.17, 15) is 37.1 Å². The molecule has 0 spiro atoms. The molecular formula is C19H16F4NO5-. The zero-order valence-electron chi connectivity index (χ0n) is 14.8. The smallest absolute Gasteiger partial charge is 0.340 e. The number of carboxylic acid groups (broad SMARTS) is 1. The van der Waals surface area contributed by atoms with E-state index >= 15 is 0 Å². The van der Waals surface area contributed by atoms with Crippen molar-refractivity contribution in [3.63, 3.8) is 0 Å². The molecular weight excluding hydrogens is 398 g/mol. The molecule has 4 atom stereocenters. The van der Waals surface area contributed by atoms with Crippen LogP contribution >= 0.6 is 0 Å². The number of fused-ring (bicyclic) bond motifs is 2. The number of esters is 1. The number of amides is 1. The van der Waals surface area contributed by atoms with Crippen LogP contribution in [-0.4, -0.2) is 36.8 Å². The average Bonchev–Trinajstić information content (AvgIpc) is 3.27. The van der Waals surface area contributed by atoms with Gasteiger partial charge in [0.05, 0.1) is 17.8 Å². The maximum Gasteiger partial charge on any atom is 0.340 e. The van der Waals surface area contributed by atoms with E-state index in [0.717, 1.165) is 0 Å². The van der Waals surface area contributed by atoms with Crippen LogP contribution in [0.1, 0.15) is 16.8 Å². The molecule has 0 saturated heterocycles. The Morgan fingerprint density at radius 3 is 2.45 bits per heavy atom. The molecule has 1 aromatic carbocycles. The summed E-state index contributed by atoms with van der Waals surface area (Å²) >= 11 is 0. The molecule has 10 heteroatoms. The van der Waals surface area contributed by atoms with Gasteiger partial charge >= 0.3 is 18.3 Å². The Balaban J connectivity index is 1.72. The molecule has 29 heavy (non-hydrogen) atoms. The minimum Gasteiger partial charge on any atom is -0.545 e. The normalized spacial score (nSPS) is 25.3. The second-order valence-electron chi connectivity index (χ2n) is 7.03. The standard InChI is InChI=1S/C19H17F4NO5/c20-18(21)19(22,23)8-29-17(28)14-10-5-4-9(6-10)13(14)15(25)24-12-3-1-2-11(7-12)16(26)27/h1-5,7,9-10,13-14,18H,6,8H2,(H,24,25)(H,26,27)/p-1/t9-,10+,13+,14+/m1/s1. The van der Waals surface area contributed by atoms with Crippen molar-refractivity contribution in [2.75, 3.05) is 11.9 Å². The van der Waals surface area contributed by atoms with Crippen molar-refractivity contribution in [3.8, 4) is 0 Å². The number of alkyl halides is 4. The number of hydrogen-bond donors (Lipinski definition) is 1. The molecule has 156 valence electrons. The molecule has 2 bridgehead atoms. The first-order valence-corrected chi connectivity index (χ1v) is 8.73. The summed E-state index contributed by atoms with van der Waals surface area (Å²) in [5.41, 5.74) is -0.0133. The Hall–Kier alpha value is -2.91. The zero-order valence-corrected chi connectivity index (χ0v) is 14.8. The Labute approximate surface area is 162 Å². The number of hydrogen-bond acceptors (Lipinski definition) is 5. The van der Waals surface area contributed by atoms with Gasteiger partial charge in [0.2, 0.25) is 5.91 Å². The predicted molar refractivity (Wildman–Crippen MR) is 89.0 cm³/mol. The number of allylic oxidation sites excluding steroid dienone is 2. The summed E-state index contributed by atoms with van der Waals surface area (Å²) in [6.45, 7) is -1.77. The van der Waals surface area contributed by atoms with Crippen molar-refractivity contribution in [2.45, 2.75) is 18.8 Å². The lowest BCUT2D eigenvalue weighted by Gasteiger charge is -2.26. The third-order valence-electron chi connectivity index (χ3n) is 5.13. The molecule has 0 heterocycles. The first-order valence-electron chi connectivity index (χ1n) is 8.73. The number of nitrogens with one attached hydrogen (secondary N) is 1. The lowest BCUT2D eigenvalue weighted by Crippen LogP contribution is -2.40. The highest BCUT2D eigenvalue weighted by Crippen LogP contribution is 2.49. The summed E-state index contributed by atoms with van der Waals surface area (Å²) in [6, 6.07) is 5.27. The number of carboxylic acids is 1. The minimum atomic E-state index is -4.48. The van der Waals surface area contributed by atoms with E-state index in [4.69, 9.17) is 0 Å². The Bertz CT molecular complexity index is 857. The number of benzene rings is 1. The molecule has 6 nitrogen and oxygen atoms in total. The first kappa shape index (κ1) is 20.8. The van der Waals surface area contributed by atoms with Crippen molar-refractivity contribution >= 4 is 23.5 Å². The van der Waals surface area contributed by atoms with Crippen LogP contribution in [0.2, 0.25) is 0 Å². The van der Waals surface area contributed by atoms with Crippen LogP contribution in [0.4, 0.5) is 23.2 Å². The van der Waals surface area contributed by atoms with Crippen LogP contribution in [0.15, 0.2) is 36.4 Å². The van der Waals surface area contributed by atoms with Crippen LogP contribution in [0.3, 0.4) is 0 Å². The Morgan fingerprint density at radius 2 is 1.83 bits per heavy atom. The van der Waals surface area contributed by atoms with Crippen LogP contribution in [0.5, 0.6) is 0 Å². The fourth-order valence-electron chi connectivity index (χ4n) is 3.78. The second-order valence-corrected chi connectivity index (χ2v) is 7.03. The highest BCUT2D eigenvalue weighted by molar-refractivity contribution is 5.97. The highest BCUT2D eigenvalue weighted by Gasteiger charge is 2.53. The van der Waals surface area contributed by atoms with Gasteiger partial charge in [-0.05, 0) is 36.0 Å². The quantitative estimate of drug-likeness (QED) is 0.418. The average molecular weight is 414 g/mol. The lowest BCUT2D eigenvalue weighted by atomic mass is 9.82. The minimum absolute atomic E-state index is 0.153. The van der Waals surface area contributed by atoms with E-state index < -0.39 is 54.6 Å². The van der Waals surface area contributed by atoms with Crippen LogP contribution in [-0.2, 0) is 14.3 Å². The molecule has 0 unspecified atom stereocenters. The molecule has 3 rings (SSSR count). The maximum atomic E-state index is 13.1. The molecule has 1 aromatic rings. The van der Waals surface area contributed by atoms with Crippen molar-refractivity contribution in [1.82, 2.24) is 0 Å². The summed E-state index contributed by atoms with van der Waals surface area (Å²) < 4.78 is 55.1. The van der Waals surface area contributed by atoms with Gasteiger partial charge in [-0.1, -0.05) is 24.3 Å². The van der Waals surface area contributed by atoms with Crippen LogP contribution in [0.25, 0.3) is 0 Å². The Kier molecular flexibility index (Phi) is 5.63. The van der Waals surface area contributed by atoms with Crippen molar-refractivity contribution in [1.29, 1.82) is 0 Å². The molecule has 2 aliphatic rings. The van der Waals surface area contributed by atoms with Crippen molar-refractivity contribution < 1.29 is 41.8 Å². The highest BCUT2D eigenvalue weighted by atomic mass is 19.3. The van der Waals surface area contributed by atoms with E-state index in [1.807, 2.05) is 0 Å².